The molecular formula is C13H17F3N2O2. The second-order valence-corrected chi connectivity index (χ2v) is 4.92. The highest BCUT2D eigenvalue weighted by molar-refractivity contribution is 5.29. The van der Waals surface area contributed by atoms with Gasteiger partial charge in [-0.3, -0.25) is 4.98 Å². The molecule has 1 unspecified atom stereocenters. The standard InChI is InChI=1S/C13H17F3N2O2/c1-8-2-5-11(20-7-12(19)13(14,15)16)10(18-8)6-17-9-3-4-9/h2,5,9,12,17,19H,3-4,6-7H2,1H3. The summed E-state index contributed by atoms with van der Waals surface area (Å²) in [7, 11) is 0. The summed E-state index contributed by atoms with van der Waals surface area (Å²) in [4.78, 5) is 4.26. The van der Waals surface area contributed by atoms with Gasteiger partial charge in [-0.15, -0.1) is 0 Å². The Morgan fingerprint density at radius 1 is 1.45 bits per heavy atom. The number of ether oxygens (including phenoxy) is 1. The maximum absolute atomic E-state index is 12.2. The maximum Gasteiger partial charge on any atom is 0.417 e. The molecule has 2 N–H and O–H groups in total. The van der Waals surface area contributed by atoms with E-state index in [-0.39, 0.29) is 5.75 Å². The fourth-order valence-electron chi connectivity index (χ4n) is 1.65. The van der Waals surface area contributed by atoms with Gasteiger partial charge in [-0.2, -0.15) is 13.2 Å². The molecule has 7 heteroatoms. The third kappa shape index (κ3) is 4.35. The Hall–Kier alpha value is -1.34. The summed E-state index contributed by atoms with van der Waals surface area (Å²) in [6.45, 7) is 1.42. The van der Waals surface area contributed by atoms with E-state index in [1.165, 1.54) is 0 Å². The van der Waals surface area contributed by atoms with Gasteiger partial charge in [0.15, 0.2) is 6.10 Å². The summed E-state index contributed by atoms with van der Waals surface area (Å²) >= 11 is 0. The van der Waals surface area contributed by atoms with Crippen LogP contribution in [0.15, 0.2) is 12.1 Å². The van der Waals surface area contributed by atoms with Crippen LogP contribution in [0.25, 0.3) is 0 Å². The van der Waals surface area contributed by atoms with Crippen molar-refractivity contribution in [2.45, 2.75) is 44.6 Å². The third-order valence-corrected chi connectivity index (χ3v) is 2.98. The Morgan fingerprint density at radius 2 is 2.15 bits per heavy atom. The van der Waals surface area contributed by atoms with Gasteiger partial charge in [0.2, 0.25) is 0 Å². The molecule has 4 nitrogen and oxygen atoms in total. The summed E-state index contributed by atoms with van der Waals surface area (Å²) < 4.78 is 41.7. The lowest BCUT2D eigenvalue weighted by molar-refractivity contribution is -0.210. The van der Waals surface area contributed by atoms with Crippen molar-refractivity contribution < 1.29 is 23.0 Å². The van der Waals surface area contributed by atoms with Crippen LogP contribution in [-0.2, 0) is 6.54 Å². The van der Waals surface area contributed by atoms with Crippen LogP contribution in [0.5, 0.6) is 5.75 Å². The van der Waals surface area contributed by atoms with Crippen LogP contribution in [0.4, 0.5) is 13.2 Å². The summed E-state index contributed by atoms with van der Waals surface area (Å²) in [5.74, 6) is 0.270. The molecule has 20 heavy (non-hydrogen) atoms. The van der Waals surface area contributed by atoms with E-state index >= 15 is 0 Å². The quantitative estimate of drug-likeness (QED) is 0.841. The number of aliphatic hydroxyl groups is 1. The molecule has 0 amide bonds. The smallest absolute Gasteiger partial charge is 0.417 e. The zero-order valence-corrected chi connectivity index (χ0v) is 11.1. The lowest BCUT2D eigenvalue weighted by Crippen LogP contribution is -2.34. The normalized spacial score (nSPS) is 17.1. The Balaban J connectivity index is 1.98. The van der Waals surface area contributed by atoms with E-state index in [1.807, 2.05) is 0 Å². The van der Waals surface area contributed by atoms with Crippen molar-refractivity contribution in [1.82, 2.24) is 10.3 Å². The Kier molecular flexibility index (Phi) is 4.49. The van der Waals surface area contributed by atoms with Gasteiger partial charge in [0.1, 0.15) is 12.4 Å². The predicted molar refractivity (Wildman–Crippen MR) is 66.4 cm³/mol. The zero-order chi connectivity index (χ0) is 14.8. The summed E-state index contributed by atoms with van der Waals surface area (Å²) in [5, 5.41) is 12.2. The van der Waals surface area contributed by atoms with Gasteiger partial charge in [0, 0.05) is 18.3 Å². The molecule has 2 rings (SSSR count). The van der Waals surface area contributed by atoms with Gasteiger partial charge in [-0.05, 0) is 31.9 Å². The molecule has 1 aromatic heterocycles. The molecule has 112 valence electrons. The van der Waals surface area contributed by atoms with E-state index in [4.69, 9.17) is 9.84 Å². The minimum absolute atomic E-state index is 0.270. The molecule has 0 aromatic carbocycles. The van der Waals surface area contributed by atoms with Gasteiger partial charge in [-0.1, -0.05) is 0 Å². The average Bonchev–Trinajstić information content (AvgIpc) is 3.17. The van der Waals surface area contributed by atoms with Crippen LogP contribution in [0.3, 0.4) is 0 Å². The molecule has 0 spiro atoms. The first-order valence-corrected chi connectivity index (χ1v) is 6.44. The number of rotatable bonds is 6. The van der Waals surface area contributed by atoms with E-state index in [0.717, 1.165) is 18.5 Å². The van der Waals surface area contributed by atoms with Crippen LogP contribution < -0.4 is 10.1 Å². The molecule has 1 aliphatic carbocycles. The van der Waals surface area contributed by atoms with E-state index in [1.54, 1.807) is 19.1 Å². The number of alkyl halides is 3. The highest BCUT2D eigenvalue weighted by atomic mass is 19.4. The first-order chi connectivity index (χ1) is 9.36. The molecule has 1 atom stereocenters. The largest absolute Gasteiger partial charge is 0.489 e. The van der Waals surface area contributed by atoms with Crippen LogP contribution in [0.1, 0.15) is 24.2 Å². The summed E-state index contributed by atoms with van der Waals surface area (Å²) in [6, 6.07) is 3.71. The number of nitrogens with zero attached hydrogens (tertiary/aromatic N) is 1. The van der Waals surface area contributed by atoms with Crippen LogP contribution in [0.2, 0.25) is 0 Å². The third-order valence-electron chi connectivity index (χ3n) is 2.98. The molecule has 0 aliphatic heterocycles. The Morgan fingerprint density at radius 3 is 2.75 bits per heavy atom. The highest BCUT2D eigenvalue weighted by Crippen LogP contribution is 2.24. The van der Waals surface area contributed by atoms with Gasteiger partial charge in [-0.25, -0.2) is 0 Å². The van der Waals surface area contributed by atoms with Gasteiger partial charge in [0.25, 0.3) is 0 Å². The number of nitrogens with one attached hydrogen (secondary N) is 1. The van der Waals surface area contributed by atoms with Crippen LogP contribution in [-0.4, -0.2) is 35.0 Å². The van der Waals surface area contributed by atoms with Crippen molar-refractivity contribution in [3.63, 3.8) is 0 Å². The minimum atomic E-state index is -4.68. The van der Waals surface area contributed by atoms with Crippen molar-refractivity contribution in [1.29, 1.82) is 0 Å². The van der Waals surface area contributed by atoms with Crippen molar-refractivity contribution in [2.75, 3.05) is 6.61 Å². The Bertz CT molecular complexity index is 461. The van der Waals surface area contributed by atoms with Crippen LogP contribution in [0, 0.1) is 6.92 Å². The lowest BCUT2D eigenvalue weighted by Gasteiger charge is -2.17. The van der Waals surface area contributed by atoms with Crippen molar-refractivity contribution in [2.24, 2.45) is 0 Å². The predicted octanol–water partition coefficient (Wildman–Crippen LogP) is 1.94. The van der Waals surface area contributed by atoms with Gasteiger partial charge in [0.05, 0.1) is 5.69 Å². The number of hydrogen-bond donors (Lipinski definition) is 2. The molecule has 0 radical (unpaired) electrons. The number of aliphatic hydroxyl groups excluding tert-OH is 1. The number of halogens is 3. The van der Waals surface area contributed by atoms with Gasteiger partial charge >= 0.3 is 6.18 Å². The summed E-state index contributed by atoms with van der Waals surface area (Å²) in [5.41, 5.74) is 1.33. The van der Waals surface area contributed by atoms with E-state index < -0.39 is 18.9 Å². The van der Waals surface area contributed by atoms with Crippen molar-refractivity contribution >= 4 is 0 Å². The molecule has 1 fully saturated rings. The number of hydrogen-bond acceptors (Lipinski definition) is 4. The van der Waals surface area contributed by atoms with Gasteiger partial charge < -0.3 is 15.2 Å². The monoisotopic (exact) mass is 290 g/mol. The van der Waals surface area contributed by atoms with E-state index in [9.17, 15) is 13.2 Å². The molecule has 1 aromatic rings. The topological polar surface area (TPSA) is 54.4 Å². The number of aromatic nitrogens is 1. The zero-order valence-electron chi connectivity index (χ0n) is 11.1. The molecule has 0 bridgehead atoms. The first kappa shape index (κ1) is 15.1. The maximum atomic E-state index is 12.2. The molecule has 0 saturated heterocycles. The molecular weight excluding hydrogens is 273 g/mol. The first-order valence-electron chi connectivity index (χ1n) is 6.44. The van der Waals surface area contributed by atoms with E-state index in [2.05, 4.69) is 10.3 Å². The second-order valence-electron chi connectivity index (χ2n) is 4.92. The molecule has 1 heterocycles. The van der Waals surface area contributed by atoms with Crippen molar-refractivity contribution in [3.05, 3.63) is 23.5 Å². The molecule has 1 saturated carbocycles. The second kappa shape index (κ2) is 5.97. The fraction of sp³-hybridized carbons (Fsp3) is 0.615. The number of pyridine rings is 1. The lowest BCUT2D eigenvalue weighted by atomic mass is 10.2. The number of aryl methyl sites for hydroxylation is 1. The van der Waals surface area contributed by atoms with E-state index in [0.29, 0.717) is 18.3 Å². The summed E-state index contributed by atoms with van der Waals surface area (Å²) in [6.07, 6.45) is -4.96. The minimum Gasteiger partial charge on any atom is -0.489 e. The van der Waals surface area contributed by atoms with Crippen LogP contribution >= 0.6 is 0 Å². The van der Waals surface area contributed by atoms with Crippen molar-refractivity contribution in [3.8, 4) is 5.75 Å². The SMILES string of the molecule is Cc1ccc(OCC(O)C(F)(F)F)c(CNC2CC2)n1. The Labute approximate surface area is 115 Å². The average molecular weight is 290 g/mol. The molecule has 1 aliphatic rings. The fourth-order valence-corrected chi connectivity index (χ4v) is 1.65. The highest BCUT2D eigenvalue weighted by Gasteiger charge is 2.38.